The average molecular weight is 191 g/mol. The number of nitrogens with zero attached hydrogens (tertiary/aromatic N) is 1. The molecule has 0 atom stereocenters. The molecule has 3 nitrogen and oxygen atoms in total. The first-order valence-corrected chi connectivity index (χ1v) is 4.09. The minimum Gasteiger partial charge on any atom is -0.478 e. The summed E-state index contributed by atoms with van der Waals surface area (Å²) in [5.74, 6) is -1.32. The van der Waals surface area contributed by atoms with E-state index in [0.717, 1.165) is 12.8 Å². The second-order valence-corrected chi connectivity index (χ2v) is 2.90. The normalized spacial score (nSPS) is 18.4. The van der Waals surface area contributed by atoms with Crippen LogP contribution in [0.3, 0.4) is 0 Å². The van der Waals surface area contributed by atoms with Crippen LogP contribution in [0.15, 0.2) is 11.8 Å². The van der Waals surface area contributed by atoms with Crippen molar-refractivity contribution in [3.8, 4) is 0 Å². The lowest BCUT2D eigenvalue weighted by atomic mass is 10.3. The standard InChI is InChI=1S/C8H11F2NO2/c9-8(10)6(5-7(12)13)11-3-1-2-4-11/h5,8H,1-4H2,(H,12,13)/b6-5-. The molecule has 0 bridgehead atoms. The van der Waals surface area contributed by atoms with Crippen molar-refractivity contribution in [1.29, 1.82) is 0 Å². The Balaban J connectivity index is 2.72. The molecule has 0 spiro atoms. The number of hydrogen-bond donors (Lipinski definition) is 1. The predicted octanol–water partition coefficient (Wildman–Crippen LogP) is 1.32. The van der Waals surface area contributed by atoms with E-state index in [0.29, 0.717) is 19.2 Å². The Morgan fingerprint density at radius 2 is 1.92 bits per heavy atom. The minimum atomic E-state index is -2.70. The SMILES string of the molecule is O=C(O)/C=C(/C(F)F)N1CCCC1. The quantitative estimate of drug-likeness (QED) is 0.684. The summed E-state index contributed by atoms with van der Waals surface area (Å²) in [7, 11) is 0. The molecule has 1 aliphatic rings. The van der Waals surface area contributed by atoms with Gasteiger partial charge in [0.05, 0.1) is 5.70 Å². The van der Waals surface area contributed by atoms with E-state index in [4.69, 9.17) is 5.11 Å². The van der Waals surface area contributed by atoms with E-state index in [-0.39, 0.29) is 5.70 Å². The summed E-state index contributed by atoms with van der Waals surface area (Å²) >= 11 is 0. The van der Waals surface area contributed by atoms with Crippen LogP contribution in [0.5, 0.6) is 0 Å². The van der Waals surface area contributed by atoms with Gasteiger partial charge in [0.15, 0.2) is 0 Å². The van der Waals surface area contributed by atoms with Gasteiger partial charge in [0.25, 0.3) is 6.43 Å². The molecule has 1 saturated heterocycles. The van der Waals surface area contributed by atoms with Gasteiger partial charge in [-0.2, -0.15) is 0 Å². The van der Waals surface area contributed by atoms with E-state index in [2.05, 4.69) is 0 Å². The van der Waals surface area contributed by atoms with Gasteiger partial charge in [0, 0.05) is 19.2 Å². The number of allylic oxidation sites excluding steroid dienone is 1. The second-order valence-electron chi connectivity index (χ2n) is 2.90. The summed E-state index contributed by atoms with van der Waals surface area (Å²) in [6, 6.07) is 0. The summed E-state index contributed by atoms with van der Waals surface area (Å²) in [6.45, 7) is 1.06. The van der Waals surface area contributed by atoms with Crippen LogP contribution in [0.2, 0.25) is 0 Å². The highest BCUT2D eigenvalue weighted by atomic mass is 19.3. The molecule has 0 saturated carbocycles. The molecule has 0 unspecified atom stereocenters. The Labute approximate surface area is 74.6 Å². The first-order chi connectivity index (χ1) is 6.11. The van der Waals surface area contributed by atoms with Crippen molar-refractivity contribution in [3.63, 3.8) is 0 Å². The summed E-state index contributed by atoms with van der Waals surface area (Å²) in [5.41, 5.74) is -0.370. The highest BCUT2D eigenvalue weighted by molar-refractivity contribution is 5.80. The molecule has 13 heavy (non-hydrogen) atoms. The van der Waals surface area contributed by atoms with Crippen molar-refractivity contribution in [1.82, 2.24) is 4.90 Å². The number of rotatable bonds is 3. The Bertz CT molecular complexity index is 222. The highest BCUT2D eigenvalue weighted by Crippen LogP contribution is 2.19. The molecule has 0 aromatic heterocycles. The number of carboxylic acids is 1. The van der Waals surface area contributed by atoms with Gasteiger partial charge >= 0.3 is 5.97 Å². The molecule has 1 rings (SSSR count). The van der Waals surface area contributed by atoms with Crippen molar-refractivity contribution < 1.29 is 18.7 Å². The topological polar surface area (TPSA) is 40.5 Å². The number of carbonyl (C=O) groups is 1. The molecule has 1 fully saturated rings. The van der Waals surface area contributed by atoms with Crippen LogP contribution in [0.25, 0.3) is 0 Å². The smallest absolute Gasteiger partial charge is 0.330 e. The minimum absolute atomic E-state index is 0.370. The summed E-state index contributed by atoms with van der Waals surface area (Å²) in [4.78, 5) is 11.7. The third kappa shape index (κ3) is 2.68. The van der Waals surface area contributed by atoms with Gasteiger partial charge < -0.3 is 10.0 Å². The highest BCUT2D eigenvalue weighted by Gasteiger charge is 2.22. The lowest BCUT2D eigenvalue weighted by molar-refractivity contribution is -0.131. The van der Waals surface area contributed by atoms with Crippen LogP contribution < -0.4 is 0 Å². The van der Waals surface area contributed by atoms with Crippen LogP contribution >= 0.6 is 0 Å². The van der Waals surface area contributed by atoms with Crippen molar-refractivity contribution in [2.45, 2.75) is 19.3 Å². The Morgan fingerprint density at radius 3 is 2.31 bits per heavy atom. The fraction of sp³-hybridized carbons (Fsp3) is 0.625. The molecule has 0 aromatic carbocycles. The maximum Gasteiger partial charge on any atom is 0.330 e. The fourth-order valence-electron chi connectivity index (χ4n) is 1.39. The van der Waals surface area contributed by atoms with Crippen LogP contribution in [-0.2, 0) is 4.79 Å². The molecule has 0 amide bonds. The van der Waals surface area contributed by atoms with Crippen molar-refractivity contribution >= 4 is 5.97 Å². The van der Waals surface area contributed by atoms with Crippen LogP contribution in [0.1, 0.15) is 12.8 Å². The number of alkyl halides is 2. The maximum absolute atomic E-state index is 12.3. The average Bonchev–Trinajstić information content (AvgIpc) is 2.50. The molecule has 74 valence electrons. The molecular formula is C8H11F2NO2. The predicted molar refractivity (Wildman–Crippen MR) is 42.5 cm³/mol. The van der Waals surface area contributed by atoms with E-state index >= 15 is 0 Å². The molecule has 0 aromatic rings. The molecule has 1 heterocycles. The van der Waals surface area contributed by atoms with E-state index < -0.39 is 12.4 Å². The van der Waals surface area contributed by atoms with Crippen molar-refractivity contribution in [3.05, 3.63) is 11.8 Å². The second kappa shape index (κ2) is 4.20. The van der Waals surface area contributed by atoms with Crippen LogP contribution in [-0.4, -0.2) is 35.5 Å². The van der Waals surface area contributed by atoms with E-state index in [1.54, 1.807) is 0 Å². The molecule has 5 heteroatoms. The zero-order valence-corrected chi connectivity index (χ0v) is 7.04. The number of halogens is 2. The van der Waals surface area contributed by atoms with Gasteiger partial charge in [-0.15, -0.1) is 0 Å². The van der Waals surface area contributed by atoms with Gasteiger partial charge in [0.2, 0.25) is 0 Å². The summed E-state index contributed by atoms with van der Waals surface area (Å²) in [5, 5.41) is 8.36. The van der Waals surface area contributed by atoms with Crippen molar-refractivity contribution in [2.24, 2.45) is 0 Å². The van der Waals surface area contributed by atoms with Gasteiger partial charge in [-0.3, -0.25) is 0 Å². The molecule has 1 aliphatic heterocycles. The lowest BCUT2D eigenvalue weighted by Gasteiger charge is -2.19. The van der Waals surface area contributed by atoms with Crippen LogP contribution in [0, 0.1) is 0 Å². The molecule has 0 aliphatic carbocycles. The zero-order valence-electron chi connectivity index (χ0n) is 7.04. The summed E-state index contributed by atoms with van der Waals surface area (Å²) < 4.78 is 24.7. The fourth-order valence-corrected chi connectivity index (χ4v) is 1.39. The Morgan fingerprint density at radius 1 is 1.38 bits per heavy atom. The van der Waals surface area contributed by atoms with Gasteiger partial charge in [-0.05, 0) is 12.8 Å². The molecular weight excluding hydrogens is 180 g/mol. The number of likely N-dealkylation sites (tertiary alicyclic amines) is 1. The number of hydrogen-bond acceptors (Lipinski definition) is 2. The largest absolute Gasteiger partial charge is 0.478 e. The Hall–Kier alpha value is -1.13. The van der Waals surface area contributed by atoms with E-state index in [1.807, 2.05) is 0 Å². The first kappa shape index (κ1) is 9.95. The lowest BCUT2D eigenvalue weighted by Crippen LogP contribution is -2.24. The van der Waals surface area contributed by atoms with Crippen molar-refractivity contribution in [2.75, 3.05) is 13.1 Å². The first-order valence-electron chi connectivity index (χ1n) is 4.09. The van der Waals surface area contributed by atoms with E-state index in [9.17, 15) is 13.6 Å². The number of carboxylic acid groups (broad SMARTS) is 1. The third-order valence-electron chi connectivity index (χ3n) is 1.97. The Kier molecular flexibility index (Phi) is 3.22. The number of aliphatic carboxylic acids is 1. The maximum atomic E-state index is 12.3. The molecule has 1 N–H and O–H groups in total. The third-order valence-corrected chi connectivity index (χ3v) is 1.97. The van der Waals surface area contributed by atoms with Gasteiger partial charge in [-0.25, -0.2) is 13.6 Å². The van der Waals surface area contributed by atoms with Crippen LogP contribution in [0.4, 0.5) is 8.78 Å². The monoisotopic (exact) mass is 191 g/mol. The zero-order chi connectivity index (χ0) is 9.84. The van der Waals surface area contributed by atoms with Gasteiger partial charge in [-0.1, -0.05) is 0 Å². The molecule has 0 radical (unpaired) electrons. The van der Waals surface area contributed by atoms with E-state index in [1.165, 1.54) is 4.90 Å². The summed E-state index contributed by atoms with van der Waals surface area (Å²) in [6.07, 6.45) is -0.405. The van der Waals surface area contributed by atoms with Gasteiger partial charge in [0.1, 0.15) is 0 Å².